The van der Waals surface area contributed by atoms with Gasteiger partial charge in [0.2, 0.25) is 12.1 Å². The van der Waals surface area contributed by atoms with Crippen LogP contribution in [0.5, 0.6) is 0 Å². The van der Waals surface area contributed by atoms with Crippen LogP contribution in [0.1, 0.15) is 56.8 Å². The van der Waals surface area contributed by atoms with Crippen molar-refractivity contribution in [3.63, 3.8) is 0 Å². The Morgan fingerprint density at radius 1 is 0.531 bits per heavy atom. The molecule has 0 aromatic heterocycles. The van der Waals surface area contributed by atoms with Crippen LogP contribution in [-0.4, -0.2) is 59.0 Å². The van der Waals surface area contributed by atoms with Gasteiger partial charge >= 0.3 is 0 Å². The standard InChI is InChI=1S/C46H42Cl4N8O6/c1-25-19-35(53-45(63)41(27(3)59)57-55-33-11-13-38(49)36(23-33)43(61)51-31-9-5-7-29(21-31)15-17-47)20-26(2)40(25)54-46(64)42(28(4)60)58-56-34-12-14-39(50)37(24-34)44(62)52-32-10-6-8-30(22-32)16-18-48/h5-14,19-24,41-42H,15-18H2,1-4H3,(H,51,61)(H,52,62)(H,53,63)(H,54,64). The molecule has 64 heavy (non-hydrogen) atoms. The van der Waals surface area contributed by atoms with E-state index in [4.69, 9.17) is 46.4 Å². The highest BCUT2D eigenvalue weighted by Gasteiger charge is 2.26. The molecule has 0 saturated heterocycles. The van der Waals surface area contributed by atoms with Crippen LogP contribution in [0, 0.1) is 13.8 Å². The van der Waals surface area contributed by atoms with Crippen LogP contribution in [0.15, 0.2) is 118 Å². The summed E-state index contributed by atoms with van der Waals surface area (Å²) >= 11 is 24.4. The number of hydrogen-bond donors (Lipinski definition) is 4. The summed E-state index contributed by atoms with van der Waals surface area (Å²) in [4.78, 5) is 78.3. The second kappa shape index (κ2) is 22.9. The number of nitrogens with one attached hydrogen (secondary N) is 4. The fourth-order valence-corrected chi connectivity index (χ4v) is 7.09. The first-order valence-corrected chi connectivity index (χ1v) is 21.5. The van der Waals surface area contributed by atoms with Gasteiger partial charge in [-0.2, -0.15) is 20.5 Å². The fourth-order valence-electron chi connectivity index (χ4n) is 6.24. The van der Waals surface area contributed by atoms with Gasteiger partial charge in [0.1, 0.15) is 0 Å². The first kappa shape index (κ1) is 48.7. The Balaban J connectivity index is 1.25. The van der Waals surface area contributed by atoms with Crippen molar-refractivity contribution < 1.29 is 28.8 Å². The number of carbonyl (C=O) groups excluding carboxylic acids is 6. The maximum absolute atomic E-state index is 13.5. The molecular formula is C46H42Cl4N8O6. The van der Waals surface area contributed by atoms with Gasteiger partial charge in [-0.25, -0.2) is 0 Å². The highest BCUT2D eigenvalue weighted by Crippen LogP contribution is 2.29. The number of benzene rings is 5. The number of azo groups is 2. The largest absolute Gasteiger partial charge is 0.324 e. The van der Waals surface area contributed by atoms with Crippen molar-refractivity contribution >= 4 is 116 Å². The molecule has 14 nitrogen and oxygen atoms in total. The molecule has 5 aromatic rings. The van der Waals surface area contributed by atoms with Gasteiger partial charge in [-0.1, -0.05) is 47.5 Å². The van der Waals surface area contributed by atoms with Gasteiger partial charge < -0.3 is 21.3 Å². The highest BCUT2D eigenvalue weighted by molar-refractivity contribution is 6.35. The van der Waals surface area contributed by atoms with Crippen molar-refractivity contribution in [3.05, 3.63) is 140 Å². The zero-order valence-electron chi connectivity index (χ0n) is 35.0. The quantitative estimate of drug-likeness (QED) is 0.0382. The van der Waals surface area contributed by atoms with E-state index < -0.39 is 47.3 Å². The van der Waals surface area contributed by atoms with Crippen molar-refractivity contribution in [2.24, 2.45) is 20.5 Å². The number of anilines is 4. The van der Waals surface area contributed by atoms with Crippen molar-refractivity contribution in [3.8, 4) is 0 Å². The molecule has 330 valence electrons. The molecule has 0 aliphatic carbocycles. The molecule has 0 bridgehead atoms. The van der Waals surface area contributed by atoms with Gasteiger partial charge in [0, 0.05) is 34.5 Å². The lowest BCUT2D eigenvalue weighted by molar-refractivity contribution is -0.127. The number of carbonyl (C=O) groups is 6. The smallest absolute Gasteiger partial charge is 0.258 e. The average Bonchev–Trinajstić information content (AvgIpc) is 3.23. The van der Waals surface area contributed by atoms with Gasteiger partial charge in [-0.3, -0.25) is 28.8 Å². The number of amides is 4. The van der Waals surface area contributed by atoms with Crippen LogP contribution >= 0.6 is 46.4 Å². The first-order chi connectivity index (χ1) is 30.6. The van der Waals surface area contributed by atoms with Gasteiger partial charge in [0.15, 0.2) is 11.6 Å². The van der Waals surface area contributed by atoms with Crippen LogP contribution in [0.2, 0.25) is 10.0 Å². The summed E-state index contributed by atoms with van der Waals surface area (Å²) in [5.74, 6) is -2.93. The molecule has 4 N–H and O–H groups in total. The number of Topliss-reactive ketones (excluding diaryl/α,β-unsaturated/α-hetero) is 2. The number of alkyl halides is 2. The maximum Gasteiger partial charge on any atom is 0.258 e. The number of halogens is 4. The van der Waals surface area contributed by atoms with Gasteiger partial charge in [-0.15, -0.1) is 23.2 Å². The SMILES string of the molecule is CC(=O)C(N=Nc1ccc(Cl)c(C(=O)Nc2cccc(CCCl)c2)c1)C(=O)Nc1cc(C)c(NC(=O)C(N=Nc2ccc(Cl)c(C(=O)Nc3cccc(CCCl)c3)c2)C(C)=O)c(C)c1. The van der Waals surface area contributed by atoms with E-state index in [1.165, 1.54) is 50.2 Å². The first-order valence-electron chi connectivity index (χ1n) is 19.6. The molecule has 5 rings (SSSR count). The van der Waals surface area contributed by atoms with Gasteiger partial charge in [-0.05, 0) is 136 Å². The lowest BCUT2D eigenvalue weighted by Crippen LogP contribution is -2.33. The van der Waals surface area contributed by atoms with E-state index in [0.29, 0.717) is 52.8 Å². The third-order valence-electron chi connectivity index (χ3n) is 9.42. The maximum atomic E-state index is 13.5. The summed E-state index contributed by atoms with van der Waals surface area (Å²) in [6.07, 6.45) is 1.25. The summed E-state index contributed by atoms with van der Waals surface area (Å²) in [6.45, 7) is 5.72. The third-order valence-corrected chi connectivity index (χ3v) is 10.5. The van der Waals surface area contributed by atoms with E-state index >= 15 is 0 Å². The lowest BCUT2D eigenvalue weighted by Gasteiger charge is -2.17. The summed E-state index contributed by atoms with van der Waals surface area (Å²) in [5.41, 5.74) is 5.14. The predicted molar refractivity (Wildman–Crippen MR) is 252 cm³/mol. The second-order valence-corrected chi connectivity index (χ2v) is 16.0. The van der Waals surface area contributed by atoms with Crippen molar-refractivity contribution in [2.45, 2.75) is 52.6 Å². The molecule has 0 fully saturated rings. The Morgan fingerprint density at radius 2 is 0.953 bits per heavy atom. The fraction of sp³-hybridized carbons (Fsp3) is 0.217. The summed E-state index contributed by atoms with van der Waals surface area (Å²) in [6, 6.07) is 23.1. The molecule has 0 radical (unpaired) electrons. The number of aryl methyl sites for hydroxylation is 4. The minimum Gasteiger partial charge on any atom is -0.324 e. The molecule has 2 unspecified atom stereocenters. The Bertz CT molecular complexity index is 2650. The number of ketones is 2. The van der Waals surface area contributed by atoms with E-state index in [2.05, 4.69) is 41.7 Å². The normalized spacial score (nSPS) is 12.1. The van der Waals surface area contributed by atoms with Crippen LogP contribution in [0.3, 0.4) is 0 Å². The summed E-state index contributed by atoms with van der Waals surface area (Å²) in [7, 11) is 0. The topological polar surface area (TPSA) is 200 Å². The molecule has 0 heterocycles. The molecule has 4 amide bonds. The van der Waals surface area contributed by atoms with Crippen LogP contribution in [0.4, 0.5) is 34.1 Å². The van der Waals surface area contributed by atoms with E-state index in [0.717, 1.165) is 11.1 Å². The Labute approximate surface area is 389 Å². The number of nitrogens with zero attached hydrogens (tertiary/aromatic N) is 4. The van der Waals surface area contributed by atoms with Gasteiger partial charge in [0.25, 0.3) is 23.6 Å². The van der Waals surface area contributed by atoms with E-state index in [1.807, 2.05) is 12.1 Å². The second-order valence-electron chi connectivity index (χ2n) is 14.4. The minimum absolute atomic E-state index is 0.0963. The molecule has 0 aliphatic rings. The Kier molecular flexibility index (Phi) is 17.4. The molecule has 0 spiro atoms. The zero-order chi connectivity index (χ0) is 46.5. The number of hydrogen-bond acceptors (Lipinski definition) is 10. The van der Waals surface area contributed by atoms with Crippen LogP contribution in [-0.2, 0) is 32.0 Å². The van der Waals surface area contributed by atoms with E-state index in [-0.39, 0.29) is 38.2 Å². The molecule has 2 atom stereocenters. The highest BCUT2D eigenvalue weighted by atomic mass is 35.5. The molecule has 0 saturated carbocycles. The third kappa shape index (κ3) is 13.3. The molecule has 5 aromatic carbocycles. The average molecular weight is 945 g/mol. The van der Waals surface area contributed by atoms with Crippen LogP contribution in [0.25, 0.3) is 0 Å². The van der Waals surface area contributed by atoms with Gasteiger partial charge in [0.05, 0.1) is 32.5 Å². The van der Waals surface area contributed by atoms with Crippen molar-refractivity contribution in [2.75, 3.05) is 33.0 Å². The Morgan fingerprint density at radius 3 is 1.36 bits per heavy atom. The Hall–Kier alpha value is -6.32. The van der Waals surface area contributed by atoms with E-state index in [9.17, 15) is 28.8 Å². The van der Waals surface area contributed by atoms with Crippen molar-refractivity contribution in [1.29, 1.82) is 0 Å². The molecule has 18 heteroatoms. The minimum atomic E-state index is -1.55. The monoisotopic (exact) mass is 942 g/mol. The summed E-state index contributed by atoms with van der Waals surface area (Å²) in [5, 5.41) is 27.4. The zero-order valence-corrected chi connectivity index (χ0v) is 38.0. The van der Waals surface area contributed by atoms with Crippen LogP contribution < -0.4 is 21.3 Å². The molecular weight excluding hydrogens is 902 g/mol. The number of rotatable bonds is 18. The molecule has 0 aliphatic heterocycles. The van der Waals surface area contributed by atoms with E-state index in [1.54, 1.807) is 62.4 Å². The summed E-state index contributed by atoms with van der Waals surface area (Å²) < 4.78 is 0. The lowest BCUT2D eigenvalue weighted by atomic mass is 10.1. The van der Waals surface area contributed by atoms with Crippen molar-refractivity contribution in [1.82, 2.24) is 0 Å². The predicted octanol–water partition coefficient (Wildman–Crippen LogP) is 11.0.